The first kappa shape index (κ1) is 14.9. The molecule has 1 N–H and O–H groups in total. The SMILES string of the molecule is CNCc1cc(C)c(OC2CCOC3(CCC3)C2)c(C)c1. The van der Waals surface area contributed by atoms with Gasteiger partial charge in [0.25, 0.3) is 0 Å². The summed E-state index contributed by atoms with van der Waals surface area (Å²) in [5, 5.41) is 3.21. The third kappa shape index (κ3) is 3.09. The Morgan fingerprint density at radius 3 is 2.57 bits per heavy atom. The third-order valence-corrected chi connectivity index (χ3v) is 4.90. The highest BCUT2D eigenvalue weighted by atomic mass is 16.5. The molecule has 116 valence electrons. The monoisotopic (exact) mass is 289 g/mol. The van der Waals surface area contributed by atoms with Gasteiger partial charge >= 0.3 is 0 Å². The fraction of sp³-hybridized carbons (Fsp3) is 0.667. The molecule has 1 spiro atoms. The minimum Gasteiger partial charge on any atom is -0.490 e. The maximum atomic E-state index is 6.38. The number of hydrogen-bond acceptors (Lipinski definition) is 3. The predicted molar refractivity (Wildman–Crippen MR) is 84.9 cm³/mol. The van der Waals surface area contributed by atoms with Crippen molar-refractivity contribution in [2.75, 3.05) is 13.7 Å². The second-order valence-corrected chi connectivity index (χ2v) is 6.71. The lowest BCUT2D eigenvalue weighted by atomic mass is 9.74. The van der Waals surface area contributed by atoms with E-state index >= 15 is 0 Å². The summed E-state index contributed by atoms with van der Waals surface area (Å²) in [6, 6.07) is 4.47. The van der Waals surface area contributed by atoms with Gasteiger partial charge in [0, 0.05) is 19.4 Å². The van der Waals surface area contributed by atoms with Crippen molar-refractivity contribution in [1.29, 1.82) is 0 Å². The molecule has 21 heavy (non-hydrogen) atoms. The average molecular weight is 289 g/mol. The van der Waals surface area contributed by atoms with Crippen molar-refractivity contribution in [1.82, 2.24) is 5.32 Å². The number of hydrogen-bond donors (Lipinski definition) is 1. The summed E-state index contributed by atoms with van der Waals surface area (Å²) in [7, 11) is 1.98. The number of aryl methyl sites for hydroxylation is 2. The zero-order chi connectivity index (χ0) is 14.9. The fourth-order valence-corrected chi connectivity index (χ4v) is 3.70. The molecule has 2 fully saturated rings. The van der Waals surface area contributed by atoms with Crippen molar-refractivity contribution in [3.63, 3.8) is 0 Å². The van der Waals surface area contributed by atoms with Crippen LogP contribution in [0, 0.1) is 13.8 Å². The van der Waals surface area contributed by atoms with Crippen LogP contribution >= 0.6 is 0 Å². The molecule has 3 nitrogen and oxygen atoms in total. The van der Waals surface area contributed by atoms with Crippen LogP contribution in [-0.4, -0.2) is 25.4 Å². The van der Waals surface area contributed by atoms with E-state index in [1.54, 1.807) is 0 Å². The van der Waals surface area contributed by atoms with E-state index in [0.717, 1.165) is 31.7 Å². The van der Waals surface area contributed by atoms with Gasteiger partial charge in [-0.25, -0.2) is 0 Å². The Hall–Kier alpha value is -1.06. The van der Waals surface area contributed by atoms with Crippen LogP contribution in [-0.2, 0) is 11.3 Å². The molecule has 1 saturated heterocycles. The van der Waals surface area contributed by atoms with Crippen LogP contribution < -0.4 is 10.1 Å². The van der Waals surface area contributed by atoms with Crippen LogP contribution in [0.3, 0.4) is 0 Å². The molecule has 1 aliphatic heterocycles. The first-order chi connectivity index (χ1) is 10.1. The van der Waals surface area contributed by atoms with Gasteiger partial charge in [0.1, 0.15) is 11.9 Å². The number of nitrogens with one attached hydrogen (secondary N) is 1. The molecule has 1 aromatic rings. The lowest BCUT2D eigenvalue weighted by Gasteiger charge is -2.47. The first-order valence-electron chi connectivity index (χ1n) is 8.17. The van der Waals surface area contributed by atoms with E-state index < -0.39 is 0 Å². The number of ether oxygens (including phenoxy) is 2. The van der Waals surface area contributed by atoms with Crippen LogP contribution in [0.25, 0.3) is 0 Å². The highest BCUT2D eigenvalue weighted by molar-refractivity contribution is 5.43. The lowest BCUT2D eigenvalue weighted by Crippen LogP contribution is -2.48. The molecule has 0 bridgehead atoms. The van der Waals surface area contributed by atoms with Crippen LogP contribution in [0.4, 0.5) is 0 Å². The van der Waals surface area contributed by atoms with Crippen molar-refractivity contribution < 1.29 is 9.47 Å². The number of benzene rings is 1. The molecule has 0 aromatic heterocycles. The summed E-state index contributed by atoms with van der Waals surface area (Å²) >= 11 is 0. The zero-order valence-corrected chi connectivity index (χ0v) is 13.5. The van der Waals surface area contributed by atoms with Crippen molar-refractivity contribution in [3.8, 4) is 5.75 Å². The normalized spacial score (nSPS) is 23.9. The average Bonchev–Trinajstić information content (AvgIpc) is 2.42. The molecule has 1 saturated carbocycles. The van der Waals surface area contributed by atoms with Crippen LogP contribution in [0.1, 0.15) is 48.8 Å². The smallest absolute Gasteiger partial charge is 0.125 e. The van der Waals surface area contributed by atoms with E-state index in [2.05, 4.69) is 31.3 Å². The highest BCUT2D eigenvalue weighted by Crippen LogP contribution is 2.43. The third-order valence-electron chi connectivity index (χ3n) is 4.90. The van der Waals surface area contributed by atoms with Gasteiger partial charge < -0.3 is 14.8 Å². The van der Waals surface area contributed by atoms with E-state index in [1.165, 1.54) is 36.0 Å². The maximum absolute atomic E-state index is 6.38. The van der Waals surface area contributed by atoms with Gasteiger partial charge in [-0.3, -0.25) is 0 Å². The van der Waals surface area contributed by atoms with Gasteiger partial charge in [-0.1, -0.05) is 12.1 Å². The summed E-state index contributed by atoms with van der Waals surface area (Å²) < 4.78 is 12.4. The van der Waals surface area contributed by atoms with Crippen molar-refractivity contribution >= 4 is 0 Å². The molecule has 0 amide bonds. The molecule has 3 heteroatoms. The van der Waals surface area contributed by atoms with E-state index in [4.69, 9.17) is 9.47 Å². The summed E-state index contributed by atoms with van der Waals surface area (Å²) in [6.07, 6.45) is 6.12. The van der Waals surface area contributed by atoms with Gasteiger partial charge in [-0.05, 0) is 56.8 Å². The Morgan fingerprint density at radius 2 is 2.00 bits per heavy atom. The van der Waals surface area contributed by atoms with E-state index in [0.29, 0.717) is 6.10 Å². The molecule has 3 rings (SSSR count). The molecule has 1 aliphatic carbocycles. The summed E-state index contributed by atoms with van der Waals surface area (Å²) in [6.45, 7) is 6.06. The summed E-state index contributed by atoms with van der Waals surface area (Å²) in [5.74, 6) is 1.08. The molecular weight excluding hydrogens is 262 g/mol. The van der Waals surface area contributed by atoms with Crippen molar-refractivity contribution in [3.05, 3.63) is 28.8 Å². The molecule has 0 radical (unpaired) electrons. The molecular formula is C18H27NO2. The van der Waals surface area contributed by atoms with Crippen LogP contribution in [0.15, 0.2) is 12.1 Å². The maximum Gasteiger partial charge on any atom is 0.125 e. The Labute approximate surface area is 128 Å². The van der Waals surface area contributed by atoms with E-state index in [1.807, 2.05) is 7.05 Å². The summed E-state index contributed by atoms with van der Waals surface area (Å²) in [5.41, 5.74) is 3.96. The number of rotatable bonds is 4. The minimum atomic E-state index is 0.150. The molecule has 1 atom stereocenters. The second kappa shape index (κ2) is 5.98. The Bertz CT molecular complexity index is 485. The largest absolute Gasteiger partial charge is 0.490 e. The van der Waals surface area contributed by atoms with Crippen molar-refractivity contribution in [2.24, 2.45) is 0 Å². The second-order valence-electron chi connectivity index (χ2n) is 6.71. The van der Waals surface area contributed by atoms with Gasteiger partial charge in [-0.2, -0.15) is 0 Å². The van der Waals surface area contributed by atoms with Gasteiger partial charge in [0.05, 0.1) is 12.2 Å². The van der Waals surface area contributed by atoms with Gasteiger partial charge in [-0.15, -0.1) is 0 Å². The molecule has 2 aliphatic rings. The van der Waals surface area contributed by atoms with E-state index in [-0.39, 0.29) is 5.60 Å². The molecule has 1 aromatic carbocycles. The minimum absolute atomic E-state index is 0.150. The standard InChI is InChI=1S/C18H27NO2/c1-13-9-15(12-19-3)10-14(2)17(13)21-16-5-8-20-18(11-16)6-4-7-18/h9-10,16,19H,4-8,11-12H2,1-3H3. The Morgan fingerprint density at radius 1 is 1.29 bits per heavy atom. The molecule has 1 heterocycles. The van der Waals surface area contributed by atoms with Gasteiger partial charge in [0.15, 0.2) is 0 Å². The topological polar surface area (TPSA) is 30.5 Å². The Kier molecular flexibility index (Phi) is 4.23. The fourth-order valence-electron chi connectivity index (χ4n) is 3.70. The first-order valence-corrected chi connectivity index (χ1v) is 8.17. The zero-order valence-electron chi connectivity index (χ0n) is 13.5. The Balaban J connectivity index is 1.72. The predicted octanol–water partition coefficient (Wildman–Crippen LogP) is 3.50. The van der Waals surface area contributed by atoms with Crippen LogP contribution in [0.5, 0.6) is 5.75 Å². The van der Waals surface area contributed by atoms with Crippen molar-refractivity contribution in [2.45, 2.75) is 64.2 Å². The van der Waals surface area contributed by atoms with E-state index in [9.17, 15) is 0 Å². The summed E-state index contributed by atoms with van der Waals surface area (Å²) in [4.78, 5) is 0. The lowest BCUT2D eigenvalue weighted by molar-refractivity contribution is -0.153. The quantitative estimate of drug-likeness (QED) is 0.920. The molecule has 1 unspecified atom stereocenters. The highest BCUT2D eigenvalue weighted by Gasteiger charge is 2.43. The van der Waals surface area contributed by atoms with Gasteiger partial charge in [0.2, 0.25) is 0 Å². The van der Waals surface area contributed by atoms with Crippen LogP contribution in [0.2, 0.25) is 0 Å².